The Morgan fingerprint density at radius 2 is 0.340 bits per heavy atom. The standard InChI is InChI=1S/C63H48N.C59H40N.2C11H8N.2Ir/c1-42-56(46-21-9-5-10-22-46)37-54(38-57(42)47-23-11-6-12-24-47)60-41-61(55-39-58(48-25-13-7-14-26-48)43(2)59(40-55)49-27-15-8-16-28-49)45(4)63(44(60)3)53-32-20-30-51(36-53)50-29-19-31-52(35-50)62-33-17-18-34-64-62;1-5-17-42(18-6-1)50-33-51(43-19-7-2-8-20-43)36-55(35-50)57-39-54(48-27-15-25-46(31-48)47-26-16-28-49(32-47)59-29-13-14-30-60-59)40-58(41-57)56-37-52(44-21-9-3-10-22-44)34-53(38-56)45-23-11-4-12-24-45;2*1-2-6-10(7-3-1)11-8-4-5-9-12-11;;/h5-30,32-41H,1-4H3;1-27,29-41H;2*1-6,8-9H;;/q4*-1;;. The van der Waals surface area contributed by atoms with Crippen molar-refractivity contribution in [1.29, 1.82) is 0 Å². The molecule has 0 saturated heterocycles. The maximum absolute atomic E-state index is 4.63. The van der Waals surface area contributed by atoms with Crippen LogP contribution in [-0.2, 0) is 40.2 Å². The van der Waals surface area contributed by atoms with E-state index in [4.69, 9.17) is 0 Å². The number of benzene rings is 20. The molecule has 0 atom stereocenters. The molecule has 4 heterocycles. The van der Waals surface area contributed by atoms with E-state index in [1.807, 2.05) is 146 Å². The minimum absolute atomic E-state index is 0. The fourth-order valence-corrected chi connectivity index (χ4v) is 19.8. The number of hydrogen-bond acceptors (Lipinski definition) is 4. The largest absolute Gasteiger partial charge is 0.305 e. The first-order valence-corrected chi connectivity index (χ1v) is 50.2. The molecule has 0 aliphatic heterocycles. The summed E-state index contributed by atoms with van der Waals surface area (Å²) in [7, 11) is 0. The molecule has 0 N–H and O–H groups in total. The summed E-state index contributed by atoms with van der Waals surface area (Å²) in [5, 5.41) is 0. The average Bonchev–Trinajstić information content (AvgIpc) is 0.741. The van der Waals surface area contributed by atoms with Gasteiger partial charge in [0, 0.05) is 65.0 Å². The van der Waals surface area contributed by atoms with Crippen molar-refractivity contribution in [3.05, 3.63) is 605 Å². The Bertz CT molecular complexity index is 7950. The van der Waals surface area contributed by atoms with Crippen molar-refractivity contribution in [2.24, 2.45) is 0 Å². The second-order valence-electron chi connectivity index (χ2n) is 36.9. The Hall–Kier alpha value is -17.7. The fraction of sp³-hybridized carbons (Fsp3) is 0.0278. The molecule has 722 valence electrons. The third kappa shape index (κ3) is 23.8. The predicted octanol–water partition coefficient (Wildman–Crippen LogP) is 38.1. The molecule has 0 fully saturated rings. The molecule has 0 spiro atoms. The van der Waals surface area contributed by atoms with Crippen LogP contribution in [0.2, 0.25) is 0 Å². The van der Waals surface area contributed by atoms with E-state index >= 15 is 0 Å². The number of pyridine rings is 4. The Balaban J connectivity index is 0.000000152. The zero-order valence-corrected chi connectivity index (χ0v) is 88.4. The van der Waals surface area contributed by atoms with Crippen LogP contribution in [0.1, 0.15) is 22.3 Å². The van der Waals surface area contributed by atoms with Crippen molar-refractivity contribution in [2.45, 2.75) is 27.7 Å². The van der Waals surface area contributed by atoms with E-state index in [9.17, 15) is 0 Å². The maximum atomic E-state index is 4.63. The molecule has 20 aromatic carbocycles. The number of nitrogens with zero attached hydrogens (tertiary/aromatic N) is 4. The van der Waals surface area contributed by atoms with E-state index in [2.05, 4.69) is 472 Å². The minimum atomic E-state index is 0. The van der Waals surface area contributed by atoms with Gasteiger partial charge >= 0.3 is 0 Å². The van der Waals surface area contributed by atoms with Gasteiger partial charge in [-0.2, -0.15) is 0 Å². The first-order valence-electron chi connectivity index (χ1n) is 50.2. The van der Waals surface area contributed by atoms with E-state index in [1.54, 1.807) is 12.4 Å². The van der Waals surface area contributed by atoms with Crippen LogP contribution in [0.5, 0.6) is 0 Å². The summed E-state index contributed by atoms with van der Waals surface area (Å²) in [6, 6.07) is 202. The quantitative estimate of drug-likeness (QED) is 0.0714. The summed E-state index contributed by atoms with van der Waals surface area (Å²) < 4.78 is 0. The van der Waals surface area contributed by atoms with Crippen molar-refractivity contribution in [3.8, 4) is 223 Å². The molecule has 0 aliphatic rings. The monoisotopic (exact) mass is 2270 g/mol. The Morgan fingerprint density at radius 1 is 0.133 bits per heavy atom. The normalized spacial score (nSPS) is 10.7. The molecular formula is C144H104Ir2N4-4. The average molecular weight is 2270 g/mol. The summed E-state index contributed by atoms with van der Waals surface area (Å²) in [5.41, 5.74) is 50.8. The second-order valence-corrected chi connectivity index (χ2v) is 36.9. The second kappa shape index (κ2) is 48.5. The van der Waals surface area contributed by atoms with Crippen LogP contribution in [0.25, 0.3) is 223 Å². The number of rotatable bonds is 20. The SMILES string of the molecule is Cc1c(-c2ccccc2)cc(-c2cc(-c3cc(-c4ccccc4)c(C)c(-c4ccccc4)c3)c(C)c(-c3cccc(-c4cc[c-]c(-c5ccccn5)c4)c3)c2C)cc1-c1ccccc1.[Ir].[Ir].[c-]1ccc(-c2cccc(-c3cc(-c4cc(-c5ccccc5)cc(-c5ccccc5)c4)cc(-c4cc(-c5ccccc5)cc(-c5ccccc5)c4)c3)c2)cc1-c1ccccn1.[c-]1ccccc1-c1ccccn1.[c-]1ccccc1-c1ccccn1. The molecule has 4 aromatic heterocycles. The van der Waals surface area contributed by atoms with Crippen LogP contribution in [0.15, 0.2) is 559 Å². The summed E-state index contributed by atoms with van der Waals surface area (Å²) >= 11 is 0. The molecule has 4 nitrogen and oxygen atoms in total. The molecule has 24 rings (SSSR count). The van der Waals surface area contributed by atoms with E-state index in [-0.39, 0.29) is 40.2 Å². The molecular weight excluding hydrogens is 2170 g/mol. The first kappa shape index (κ1) is 101. The van der Waals surface area contributed by atoms with Gasteiger partial charge in [-0.25, -0.2) is 0 Å². The molecule has 0 unspecified atom stereocenters. The Labute approximate surface area is 908 Å². The summed E-state index contributed by atoms with van der Waals surface area (Å²) in [6.07, 6.45) is 7.25. The summed E-state index contributed by atoms with van der Waals surface area (Å²) in [6.45, 7) is 9.16. The zero-order valence-electron chi connectivity index (χ0n) is 83.6. The maximum Gasteiger partial charge on any atom is 0.0160 e. The molecule has 0 saturated carbocycles. The summed E-state index contributed by atoms with van der Waals surface area (Å²) in [5.74, 6) is 0. The van der Waals surface area contributed by atoms with E-state index in [0.717, 1.165) is 101 Å². The van der Waals surface area contributed by atoms with E-state index in [1.165, 1.54) is 145 Å². The van der Waals surface area contributed by atoms with Gasteiger partial charge in [0.15, 0.2) is 0 Å². The minimum Gasteiger partial charge on any atom is -0.305 e. The van der Waals surface area contributed by atoms with Crippen molar-refractivity contribution in [1.82, 2.24) is 19.9 Å². The third-order valence-corrected chi connectivity index (χ3v) is 27.3. The van der Waals surface area contributed by atoms with Gasteiger partial charge in [-0.1, -0.05) is 328 Å². The molecule has 150 heavy (non-hydrogen) atoms. The van der Waals surface area contributed by atoms with Gasteiger partial charge in [-0.3, -0.25) is 0 Å². The van der Waals surface area contributed by atoms with E-state index in [0.29, 0.717) is 0 Å². The topological polar surface area (TPSA) is 51.6 Å². The van der Waals surface area contributed by atoms with Crippen LogP contribution in [0.3, 0.4) is 0 Å². The Kier molecular flexibility index (Phi) is 32.7. The molecule has 6 heteroatoms. The fourth-order valence-electron chi connectivity index (χ4n) is 19.8. The van der Waals surface area contributed by atoms with Crippen molar-refractivity contribution in [3.63, 3.8) is 0 Å². The molecule has 0 bridgehead atoms. The molecule has 0 amide bonds. The van der Waals surface area contributed by atoms with Crippen molar-refractivity contribution < 1.29 is 40.2 Å². The number of hydrogen-bond donors (Lipinski definition) is 0. The zero-order chi connectivity index (χ0) is 100. The van der Waals surface area contributed by atoms with Crippen molar-refractivity contribution >= 4 is 0 Å². The van der Waals surface area contributed by atoms with Crippen molar-refractivity contribution in [2.75, 3.05) is 0 Å². The third-order valence-electron chi connectivity index (χ3n) is 27.3. The van der Waals surface area contributed by atoms with Gasteiger partial charge in [0.1, 0.15) is 0 Å². The van der Waals surface area contributed by atoms with Crippen LogP contribution in [-0.4, -0.2) is 19.9 Å². The van der Waals surface area contributed by atoms with Gasteiger partial charge in [-0.05, 0) is 361 Å². The van der Waals surface area contributed by atoms with E-state index < -0.39 is 0 Å². The van der Waals surface area contributed by atoms with Gasteiger partial charge in [0.2, 0.25) is 0 Å². The molecule has 0 aliphatic carbocycles. The Morgan fingerprint density at radius 3 is 0.613 bits per heavy atom. The van der Waals surface area contributed by atoms with Crippen LogP contribution >= 0.6 is 0 Å². The van der Waals surface area contributed by atoms with Crippen LogP contribution in [0.4, 0.5) is 0 Å². The van der Waals surface area contributed by atoms with Gasteiger partial charge in [0.05, 0.1) is 0 Å². The summed E-state index contributed by atoms with van der Waals surface area (Å²) in [4.78, 5) is 17.7. The van der Waals surface area contributed by atoms with Crippen LogP contribution in [0, 0.1) is 52.0 Å². The van der Waals surface area contributed by atoms with Crippen LogP contribution < -0.4 is 0 Å². The van der Waals surface area contributed by atoms with Gasteiger partial charge in [-0.15, -0.1) is 143 Å². The predicted molar refractivity (Wildman–Crippen MR) is 620 cm³/mol. The van der Waals surface area contributed by atoms with Gasteiger partial charge < -0.3 is 19.9 Å². The molecule has 2 radical (unpaired) electrons. The first-order chi connectivity index (χ1) is 73.0. The number of aromatic nitrogens is 4. The van der Waals surface area contributed by atoms with Gasteiger partial charge in [0.25, 0.3) is 0 Å². The smallest absolute Gasteiger partial charge is 0.0160 e. The molecule has 24 aromatic rings.